The standard InChI is InChI=1S/C19H28N2O5S/c1-15-14-16-18(20-17(15)25-12-9-21-7-2-3-8-21)26-19(4-10-24-11-5-19)6-13-27(16,22)23/h14H,2-13H2,1H3. The van der Waals surface area contributed by atoms with Crippen molar-refractivity contribution >= 4 is 9.84 Å². The second-order valence-corrected chi connectivity index (χ2v) is 9.85. The van der Waals surface area contributed by atoms with E-state index in [1.165, 1.54) is 12.8 Å². The van der Waals surface area contributed by atoms with Gasteiger partial charge in [-0.1, -0.05) is 0 Å². The third-order valence-corrected chi connectivity index (χ3v) is 7.53. The second-order valence-electron chi connectivity index (χ2n) is 7.78. The SMILES string of the molecule is Cc1cc2c(nc1OCCN1CCCC1)OC1(CCOCC1)CCS2(=O)=O. The molecule has 4 rings (SSSR count). The molecule has 0 radical (unpaired) electrons. The van der Waals surface area contributed by atoms with Crippen LogP contribution < -0.4 is 9.47 Å². The molecule has 0 N–H and O–H groups in total. The molecule has 0 amide bonds. The van der Waals surface area contributed by atoms with E-state index < -0.39 is 15.4 Å². The van der Waals surface area contributed by atoms with E-state index in [0.717, 1.165) is 25.2 Å². The lowest BCUT2D eigenvalue weighted by Gasteiger charge is -2.35. The third kappa shape index (κ3) is 4.07. The lowest BCUT2D eigenvalue weighted by atomic mass is 9.91. The van der Waals surface area contributed by atoms with Crippen LogP contribution in [0.4, 0.5) is 0 Å². The van der Waals surface area contributed by atoms with Gasteiger partial charge >= 0.3 is 0 Å². The Hall–Kier alpha value is -1.38. The molecule has 0 aliphatic carbocycles. The van der Waals surface area contributed by atoms with E-state index in [2.05, 4.69) is 9.88 Å². The first-order valence-corrected chi connectivity index (χ1v) is 11.5. The molecule has 8 heteroatoms. The molecule has 1 spiro atoms. The van der Waals surface area contributed by atoms with Gasteiger partial charge in [-0.2, -0.15) is 4.98 Å². The van der Waals surface area contributed by atoms with Crippen molar-refractivity contribution in [1.29, 1.82) is 0 Å². The first-order valence-electron chi connectivity index (χ1n) is 9.84. The van der Waals surface area contributed by atoms with E-state index in [9.17, 15) is 8.42 Å². The van der Waals surface area contributed by atoms with Crippen LogP contribution in [0.2, 0.25) is 0 Å². The molecule has 150 valence electrons. The number of likely N-dealkylation sites (tertiary alicyclic amines) is 1. The lowest BCUT2D eigenvalue weighted by molar-refractivity contribution is -0.0501. The highest BCUT2D eigenvalue weighted by molar-refractivity contribution is 7.91. The molecule has 2 fully saturated rings. The summed E-state index contributed by atoms with van der Waals surface area (Å²) >= 11 is 0. The van der Waals surface area contributed by atoms with Crippen LogP contribution in [0.5, 0.6) is 11.8 Å². The van der Waals surface area contributed by atoms with Gasteiger partial charge in [-0.25, -0.2) is 8.42 Å². The van der Waals surface area contributed by atoms with Crippen molar-refractivity contribution in [3.63, 3.8) is 0 Å². The number of rotatable bonds is 4. The molecule has 0 bridgehead atoms. The van der Waals surface area contributed by atoms with Gasteiger partial charge in [-0.05, 0) is 38.9 Å². The van der Waals surface area contributed by atoms with Gasteiger partial charge in [0.05, 0.1) is 19.0 Å². The van der Waals surface area contributed by atoms with Gasteiger partial charge < -0.3 is 14.2 Å². The number of hydrogen-bond acceptors (Lipinski definition) is 7. The Bertz CT molecular complexity index is 784. The molecule has 0 atom stereocenters. The molecule has 0 unspecified atom stereocenters. The molecule has 7 nitrogen and oxygen atoms in total. The Morgan fingerprint density at radius 1 is 1.22 bits per heavy atom. The summed E-state index contributed by atoms with van der Waals surface area (Å²) in [7, 11) is -3.42. The third-order valence-electron chi connectivity index (χ3n) is 5.82. The van der Waals surface area contributed by atoms with Gasteiger partial charge in [0, 0.05) is 31.4 Å². The molecular weight excluding hydrogens is 368 g/mol. The molecule has 3 aliphatic rings. The quantitative estimate of drug-likeness (QED) is 0.770. The van der Waals surface area contributed by atoms with Crippen LogP contribution in [-0.4, -0.2) is 69.1 Å². The predicted molar refractivity (Wildman–Crippen MR) is 100 cm³/mol. The fourth-order valence-corrected chi connectivity index (χ4v) is 5.63. The maximum Gasteiger partial charge on any atom is 0.236 e. The van der Waals surface area contributed by atoms with E-state index in [1.54, 1.807) is 6.07 Å². The Kier molecular flexibility index (Phi) is 5.31. The van der Waals surface area contributed by atoms with Crippen molar-refractivity contribution in [1.82, 2.24) is 9.88 Å². The van der Waals surface area contributed by atoms with Crippen LogP contribution in [0.1, 0.15) is 37.7 Å². The minimum absolute atomic E-state index is 0.0796. The Morgan fingerprint density at radius 2 is 1.96 bits per heavy atom. The van der Waals surface area contributed by atoms with Crippen LogP contribution >= 0.6 is 0 Å². The number of aryl methyl sites for hydroxylation is 1. The van der Waals surface area contributed by atoms with Gasteiger partial charge in [0.1, 0.15) is 17.1 Å². The number of pyridine rings is 1. The minimum Gasteiger partial charge on any atom is -0.476 e. The molecule has 0 saturated carbocycles. The predicted octanol–water partition coefficient (Wildman–Crippen LogP) is 1.97. The summed E-state index contributed by atoms with van der Waals surface area (Å²) in [6.07, 6.45) is 4.33. The van der Waals surface area contributed by atoms with Gasteiger partial charge in [0.15, 0.2) is 9.84 Å². The van der Waals surface area contributed by atoms with E-state index >= 15 is 0 Å². The van der Waals surface area contributed by atoms with Gasteiger partial charge in [0.2, 0.25) is 11.8 Å². The number of ether oxygens (including phenoxy) is 3. The van der Waals surface area contributed by atoms with Crippen molar-refractivity contribution in [2.45, 2.75) is 49.5 Å². The average Bonchev–Trinajstić information content (AvgIpc) is 3.13. The summed E-state index contributed by atoms with van der Waals surface area (Å²) in [6, 6.07) is 1.65. The van der Waals surface area contributed by atoms with E-state index in [1.807, 2.05) is 6.92 Å². The van der Waals surface area contributed by atoms with Crippen LogP contribution in [0.3, 0.4) is 0 Å². The van der Waals surface area contributed by atoms with Crippen LogP contribution in [0.15, 0.2) is 11.0 Å². The van der Waals surface area contributed by atoms with Crippen LogP contribution in [0, 0.1) is 6.92 Å². The highest BCUT2D eigenvalue weighted by Crippen LogP contribution is 2.39. The fraction of sp³-hybridized carbons (Fsp3) is 0.737. The summed E-state index contributed by atoms with van der Waals surface area (Å²) < 4.78 is 43.1. The molecule has 2 saturated heterocycles. The largest absolute Gasteiger partial charge is 0.476 e. The first-order chi connectivity index (χ1) is 13.0. The van der Waals surface area contributed by atoms with Crippen molar-refractivity contribution in [2.75, 3.05) is 45.2 Å². The number of aromatic nitrogens is 1. The topological polar surface area (TPSA) is 78.0 Å². The highest BCUT2D eigenvalue weighted by Gasteiger charge is 2.41. The Balaban J connectivity index is 1.57. The first kappa shape index (κ1) is 19.0. The van der Waals surface area contributed by atoms with Crippen molar-refractivity contribution in [3.05, 3.63) is 11.6 Å². The highest BCUT2D eigenvalue weighted by atomic mass is 32.2. The summed E-state index contributed by atoms with van der Waals surface area (Å²) in [6.45, 7) is 6.64. The second kappa shape index (κ2) is 7.56. The molecule has 27 heavy (non-hydrogen) atoms. The van der Waals surface area contributed by atoms with Crippen LogP contribution in [-0.2, 0) is 14.6 Å². The zero-order valence-corrected chi connectivity index (χ0v) is 16.7. The number of fused-ring (bicyclic) bond motifs is 1. The van der Waals surface area contributed by atoms with Crippen molar-refractivity contribution in [2.24, 2.45) is 0 Å². The molecule has 4 heterocycles. The molecule has 1 aromatic heterocycles. The molecule has 3 aliphatic heterocycles. The zero-order chi connectivity index (χ0) is 18.9. The summed E-state index contributed by atoms with van der Waals surface area (Å²) in [5.41, 5.74) is 0.219. The minimum atomic E-state index is -3.42. The van der Waals surface area contributed by atoms with Gasteiger partial charge in [-0.15, -0.1) is 0 Å². The number of nitrogens with zero attached hydrogens (tertiary/aromatic N) is 2. The summed E-state index contributed by atoms with van der Waals surface area (Å²) in [4.78, 5) is 7.06. The van der Waals surface area contributed by atoms with E-state index in [4.69, 9.17) is 14.2 Å². The van der Waals surface area contributed by atoms with Crippen LogP contribution in [0.25, 0.3) is 0 Å². The molecule has 1 aromatic rings. The normalized spacial score (nSPS) is 24.2. The lowest BCUT2D eigenvalue weighted by Crippen LogP contribution is -2.42. The molecule has 0 aromatic carbocycles. The summed E-state index contributed by atoms with van der Waals surface area (Å²) in [5, 5.41) is 0. The van der Waals surface area contributed by atoms with Crippen molar-refractivity contribution < 1.29 is 22.6 Å². The van der Waals surface area contributed by atoms with Crippen molar-refractivity contribution in [3.8, 4) is 11.8 Å². The Morgan fingerprint density at radius 3 is 2.70 bits per heavy atom. The van der Waals surface area contributed by atoms with Gasteiger partial charge in [-0.3, -0.25) is 4.90 Å². The fourth-order valence-electron chi connectivity index (χ4n) is 4.06. The van der Waals surface area contributed by atoms with Gasteiger partial charge in [0.25, 0.3) is 0 Å². The zero-order valence-electron chi connectivity index (χ0n) is 15.9. The smallest absolute Gasteiger partial charge is 0.236 e. The average molecular weight is 397 g/mol. The van der Waals surface area contributed by atoms with E-state index in [0.29, 0.717) is 45.0 Å². The maximum absolute atomic E-state index is 12.8. The summed E-state index contributed by atoms with van der Waals surface area (Å²) in [5.74, 6) is 0.736. The molecular formula is C19H28N2O5S. The monoisotopic (exact) mass is 396 g/mol. The maximum atomic E-state index is 12.8. The van der Waals surface area contributed by atoms with E-state index in [-0.39, 0.29) is 16.5 Å². The number of hydrogen-bond donors (Lipinski definition) is 0. The number of sulfone groups is 1. The Labute approximate surface area is 160 Å².